The molecule has 2 heterocycles. The number of nitrogens with zero attached hydrogens (tertiary/aromatic N) is 2. The number of H-pyrrole nitrogens is 1. The summed E-state index contributed by atoms with van der Waals surface area (Å²) in [6.07, 6.45) is 5.06. The van der Waals surface area contributed by atoms with Crippen molar-refractivity contribution >= 4 is 34.9 Å². The summed E-state index contributed by atoms with van der Waals surface area (Å²) in [6.45, 7) is -0.0232. The molecule has 0 radical (unpaired) electrons. The van der Waals surface area contributed by atoms with E-state index in [1.54, 1.807) is 18.6 Å². The summed E-state index contributed by atoms with van der Waals surface area (Å²) in [7, 11) is 0. The van der Waals surface area contributed by atoms with E-state index in [9.17, 15) is 18.8 Å². The molecule has 0 spiro atoms. The molecule has 0 saturated carbocycles. The maximum Gasteiger partial charge on any atom is 0.294 e. The number of amides is 3. The minimum Gasteiger partial charge on any atom is -0.354 e. The standard InChI is InChI=1S/C17H15FN4O3S/c18-13-4-2-1-3-11(13)7-14-16(24)22(17(25)26-14)9-15(23)20-6-5-12-8-19-10-21-12/h1-4,7-8,10H,5-6,9H2,(H,19,21)(H,20,23). The van der Waals surface area contributed by atoms with E-state index < -0.39 is 22.9 Å². The average molecular weight is 374 g/mol. The highest BCUT2D eigenvalue weighted by Crippen LogP contribution is 2.32. The Morgan fingerprint density at radius 3 is 2.88 bits per heavy atom. The van der Waals surface area contributed by atoms with Gasteiger partial charge in [0, 0.05) is 30.4 Å². The first-order valence-electron chi connectivity index (χ1n) is 7.78. The van der Waals surface area contributed by atoms with Crippen LogP contribution in [-0.2, 0) is 16.0 Å². The lowest BCUT2D eigenvalue weighted by Gasteiger charge is -2.12. The number of imide groups is 1. The van der Waals surface area contributed by atoms with E-state index in [0.717, 1.165) is 10.6 Å². The van der Waals surface area contributed by atoms with Crippen molar-refractivity contribution in [1.82, 2.24) is 20.2 Å². The summed E-state index contributed by atoms with van der Waals surface area (Å²) >= 11 is 0.688. The molecule has 2 aromatic rings. The van der Waals surface area contributed by atoms with E-state index in [0.29, 0.717) is 24.7 Å². The molecule has 1 aliphatic rings. The van der Waals surface area contributed by atoms with E-state index in [4.69, 9.17) is 0 Å². The van der Waals surface area contributed by atoms with Crippen molar-refractivity contribution < 1.29 is 18.8 Å². The van der Waals surface area contributed by atoms with Crippen LogP contribution in [0.25, 0.3) is 6.08 Å². The van der Waals surface area contributed by atoms with Crippen LogP contribution in [0.5, 0.6) is 0 Å². The van der Waals surface area contributed by atoms with Crippen LogP contribution in [0.4, 0.5) is 9.18 Å². The Morgan fingerprint density at radius 1 is 1.35 bits per heavy atom. The van der Waals surface area contributed by atoms with Gasteiger partial charge in [-0.05, 0) is 23.9 Å². The van der Waals surface area contributed by atoms with Gasteiger partial charge in [0.15, 0.2) is 0 Å². The van der Waals surface area contributed by atoms with Crippen LogP contribution in [0.15, 0.2) is 41.7 Å². The molecule has 9 heteroatoms. The molecular weight excluding hydrogens is 359 g/mol. The quantitative estimate of drug-likeness (QED) is 0.754. The number of benzene rings is 1. The third kappa shape index (κ3) is 4.17. The maximum atomic E-state index is 13.7. The second-order valence-electron chi connectivity index (χ2n) is 5.47. The van der Waals surface area contributed by atoms with E-state index in [1.165, 1.54) is 24.3 Å². The van der Waals surface area contributed by atoms with Crippen LogP contribution >= 0.6 is 11.8 Å². The lowest BCUT2D eigenvalue weighted by atomic mass is 10.2. The van der Waals surface area contributed by atoms with Crippen LogP contribution in [0.2, 0.25) is 0 Å². The van der Waals surface area contributed by atoms with Gasteiger partial charge in [0.2, 0.25) is 5.91 Å². The third-order valence-electron chi connectivity index (χ3n) is 3.64. The normalized spacial score (nSPS) is 15.7. The molecular formula is C17H15FN4O3S. The van der Waals surface area contributed by atoms with Gasteiger partial charge in [-0.25, -0.2) is 9.37 Å². The topological polar surface area (TPSA) is 95.2 Å². The first-order chi connectivity index (χ1) is 12.5. The number of thioether (sulfide) groups is 1. The molecule has 0 unspecified atom stereocenters. The number of halogens is 1. The molecule has 1 fully saturated rings. The molecule has 1 aromatic carbocycles. The zero-order chi connectivity index (χ0) is 18.5. The molecule has 134 valence electrons. The number of hydrogen-bond acceptors (Lipinski definition) is 5. The SMILES string of the molecule is O=C(CN1C(=O)SC(=Cc2ccccc2F)C1=O)NCCc1cnc[nH]1. The third-order valence-corrected chi connectivity index (χ3v) is 4.55. The monoisotopic (exact) mass is 374 g/mol. The highest BCUT2D eigenvalue weighted by molar-refractivity contribution is 8.18. The van der Waals surface area contributed by atoms with Crippen LogP contribution in [0.3, 0.4) is 0 Å². The van der Waals surface area contributed by atoms with E-state index in [2.05, 4.69) is 15.3 Å². The van der Waals surface area contributed by atoms with E-state index in [-0.39, 0.29) is 17.0 Å². The number of rotatable bonds is 6. The number of aromatic nitrogens is 2. The largest absolute Gasteiger partial charge is 0.354 e. The highest BCUT2D eigenvalue weighted by atomic mass is 32.2. The van der Waals surface area contributed by atoms with E-state index in [1.807, 2.05) is 0 Å². The van der Waals surface area contributed by atoms with Crippen molar-refractivity contribution in [3.8, 4) is 0 Å². The Bertz CT molecular complexity index is 867. The smallest absolute Gasteiger partial charge is 0.294 e. The molecule has 2 N–H and O–H groups in total. The molecule has 0 aliphatic carbocycles. The Balaban J connectivity index is 1.58. The molecule has 1 aromatic heterocycles. The molecule has 3 amide bonds. The predicted molar refractivity (Wildman–Crippen MR) is 94.4 cm³/mol. The second-order valence-corrected chi connectivity index (χ2v) is 6.46. The molecule has 1 saturated heterocycles. The van der Waals surface area contributed by atoms with Crippen molar-refractivity contribution in [2.75, 3.05) is 13.1 Å². The van der Waals surface area contributed by atoms with Gasteiger partial charge in [0.05, 0.1) is 11.2 Å². The number of hydrogen-bond donors (Lipinski definition) is 2. The fraction of sp³-hybridized carbons (Fsp3) is 0.176. The number of carbonyl (C=O) groups excluding carboxylic acids is 3. The van der Waals surface area contributed by atoms with Crippen LogP contribution in [-0.4, -0.2) is 45.0 Å². The lowest BCUT2D eigenvalue weighted by molar-refractivity contribution is -0.129. The van der Waals surface area contributed by atoms with Crippen molar-refractivity contribution in [1.29, 1.82) is 0 Å². The molecule has 1 aliphatic heterocycles. The van der Waals surface area contributed by atoms with Gasteiger partial charge in [-0.2, -0.15) is 0 Å². The highest BCUT2D eigenvalue weighted by Gasteiger charge is 2.36. The summed E-state index contributed by atoms with van der Waals surface area (Å²) in [5, 5.41) is 2.09. The summed E-state index contributed by atoms with van der Waals surface area (Å²) in [6, 6.07) is 5.94. The second kappa shape index (κ2) is 7.96. The van der Waals surface area contributed by atoms with Crippen molar-refractivity contribution in [2.24, 2.45) is 0 Å². The number of carbonyl (C=O) groups is 3. The average Bonchev–Trinajstić information content (AvgIpc) is 3.21. The summed E-state index contributed by atoms with van der Waals surface area (Å²) in [4.78, 5) is 44.0. The van der Waals surface area contributed by atoms with Gasteiger partial charge >= 0.3 is 0 Å². The first kappa shape index (κ1) is 17.9. The fourth-order valence-corrected chi connectivity index (χ4v) is 3.16. The van der Waals surface area contributed by atoms with Gasteiger partial charge in [-0.3, -0.25) is 19.3 Å². The molecule has 26 heavy (non-hydrogen) atoms. The minimum atomic E-state index is -0.605. The first-order valence-corrected chi connectivity index (χ1v) is 8.60. The summed E-state index contributed by atoms with van der Waals surface area (Å²) in [5.41, 5.74) is 1.08. The lowest BCUT2D eigenvalue weighted by Crippen LogP contribution is -2.40. The van der Waals surface area contributed by atoms with Crippen LogP contribution in [0.1, 0.15) is 11.3 Å². The molecule has 7 nitrogen and oxygen atoms in total. The molecule has 0 atom stereocenters. The maximum absolute atomic E-state index is 13.7. The summed E-state index contributed by atoms with van der Waals surface area (Å²) in [5.74, 6) is -1.54. The zero-order valence-corrected chi connectivity index (χ0v) is 14.4. The Morgan fingerprint density at radius 2 is 2.15 bits per heavy atom. The summed E-state index contributed by atoms with van der Waals surface area (Å²) < 4.78 is 13.7. The zero-order valence-electron chi connectivity index (χ0n) is 13.6. The van der Waals surface area contributed by atoms with E-state index >= 15 is 0 Å². The molecule has 0 bridgehead atoms. The minimum absolute atomic E-state index is 0.0883. The Labute approximate surface area is 152 Å². The van der Waals surface area contributed by atoms with Crippen molar-refractivity contribution in [3.63, 3.8) is 0 Å². The fourth-order valence-electron chi connectivity index (χ4n) is 2.33. The Kier molecular flexibility index (Phi) is 5.47. The van der Waals surface area contributed by atoms with Crippen LogP contribution < -0.4 is 5.32 Å². The van der Waals surface area contributed by atoms with Gasteiger partial charge in [-0.15, -0.1) is 0 Å². The van der Waals surface area contributed by atoms with Crippen molar-refractivity contribution in [2.45, 2.75) is 6.42 Å². The number of aromatic amines is 1. The van der Waals surface area contributed by atoms with Gasteiger partial charge < -0.3 is 10.3 Å². The van der Waals surface area contributed by atoms with Crippen molar-refractivity contribution in [3.05, 3.63) is 58.8 Å². The number of imidazole rings is 1. The predicted octanol–water partition coefficient (Wildman–Crippen LogP) is 1.94. The van der Waals surface area contributed by atoms with Gasteiger partial charge in [-0.1, -0.05) is 18.2 Å². The Hall–Kier alpha value is -2.94. The van der Waals surface area contributed by atoms with Gasteiger partial charge in [0.1, 0.15) is 12.4 Å². The molecule has 3 rings (SSSR count). The van der Waals surface area contributed by atoms with Crippen LogP contribution in [0, 0.1) is 5.82 Å². The van der Waals surface area contributed by atoms with Gasteiger partial charge in [0.25, 0.3) is 11.1 Å². The number of nitrogens with one attached hydrogen (secondary N) is 2.